The van der Waals surface area contributed by atoms with Crippen LogP contribution < -0.4 is 11.3 Å². The maximum Gasteiger partial charge on any atom is 0.257 e. The van der Waals surface area contributed by atoms with Crippen LogP contribution in [-0.4, -0.2) is 15.2 Å². The molecular formula is C9H6N4OS2. The van der Waals surface area contributed by atoms with Crippen molar-refractivity contribution >= 4 is 37.9 Å². The first-order valence-electron chi connectivity index (χ1n) is 4.44. The highest BCUT2D eigenvalue weighted by atomic mass is 32.1. The van der Waals surface area contributed by atoms with E-state index in [9.17, 15) is 4.79 Å². The topological polar surface area (TPSA) is 84.7 Å². The molecule has 0 spiro atoms. The van der Waals surface area contributed by atoms with Crippen molar-refractivity contribution in [3.63, 3.8) is 0 Å². The Kier molecular flexibility index (Phi) is 2.01. The van der Waals surface area contributed by atoms with Crippen LogP contribution in [0.25, 0.3) is 20.8 Å². The number of nitrogens with zero attached hydrogens (tertiary/aromatic N) is 2. The van der Waals surface area contributed by atoms with Crippen molar-refractivity contribution < 1.29 is 0 Å². The van der Waals surface area contributed by atoms with Gasteiger partial charge in [0.25, 0.3) is 5.56 Å². The number of thiophene rings is 1. The van der Waals surface area contributed by atoms with Gasteiger partial charge in [-0.05, 0) is 17.5 Å². The van der Waals surface area contributed by atoms with E-state index in [0.29, 0.717) is 21.2 Å². The molecule has 80 valence electrons. The number of pyridine rings is 1. The number of aromatic nitrogens is 3. The number of anilines is 1. The van der Waals surface area contributed by atoms with Gasteiger partial charge in [-0.1, -0.05) is 11.3 Å². The molecule has 0 unspecified atom stereocenters. The zero-order valence-corrected chi connectivity index (χ0v) is 9.56. The number of nitrogens with two attached hydrogens (primary N) is 1. The molecule has 5 nitrogen and oxygen atoms in total. The predicted octanol–water partition coefficient (Wildman–Crippen LogP) is 1.69. The Morgan fingerprint density at radius 2 is 2.25 bits per heavy atom. The Balaban J connectivity index is 2.28. The fraction of sp³-hybridized carbons (Fsp3) is 0. The summed E-state index contributed by atoms with van der Waals surface area (Å²) in [5.41, 5.74) is 6.05. The SMILES string of the molecule is Nc1nnc(-c2cc3sccc3c(=O)[nH]2)s1. The second kappa shape index (κ2) is 3.39. The van der Waals surface area contributed by atoms with Crippen LogP contribution in [0.2, 0.25) is 0 Å². The maximum atomic E-state index is 11.7. The van der Waals surface area contributed by atoms with Crippen molar-refractivity contribution in [2.24, 2.45) is 0 Å². The second-order valence-corrected chi connectivity index (χ2v) is 5.11. The molecule has 3 N–H and O–H groups in total. The van der Waals surface area contributed by atoms with Crippen LogP contribution in [-0.2, 0) is 0 Å². The number of hydrogen-bond acceptors (Lipinski definition) is 6. The average molecular weight is 250 g/mol. The van der Waals surface area contributed by atoms with Gasteiger partial charge in [0.05, 0.1) is 11.1 Å². The summed E-state index contributed by atoms with van der Waals surface area (Å²) in [6, 6.07) is 3.69. The van der Waals surface area contributed by atoms with E-state index >= 15 is 0 Å². The van der Waals surface area contributed by atoms with Crippen molar-refractivity contribution in [2.75, 3.05) is 5.73 Å². The first-order chi connectivity index (χ1) is 7.74. The first-order valence-corrected chi connectivity index (χ1v) is 6.13. The zero-order valence-electron chi connectivity index (χ0n) is 7.93. The van der Waals surface area contributed by atoms with Gasteiger partial charge >= 0.3 is 0 Å². The molecule has 0 saturated heterocycles. The third-order valence-electron chi connectivity index (χ3n) is 2.13. The molecule has 3 rings (SSSR count). The second-order valence-electron chi connectivity index (χ2n) is 3.16. The van der Waals surface area contributed by atoms with Gasteiger partial charge in [0.1, 0.15) is 0 Å². The van der Waals surface area contributed by atoms with E-state index < -0.39 is 0 Å². The minimum atomic E-state index is -0.109. The fourth-order valence-corrected chi connectivity index (χ4v) is 2.84. The molecule has 0 aliphatic rings. The van der Waals surface area contributed by atoms with Crippen LogP contribution in [0, 0.1) is 0 Å². The number of nitrogen functional groups attached to an aromatic ring is 1. The Morgan fingerprint density at radius 3 is 3.00 bits per heavy atom. The molecule has 0 radical (unpaired) electrons. The summed E-state index contributed by atoms with van der Waals surface area (Å²) < 4.78 is 0.938. The lowest BCUT2D eigenvalue weighted by Gasteiger charge is -1.95. The van der Waals surface area contributed by atoms with Crippen molar-refractivity contribution in [3.8, 4) is 10.7 Å². The average Bonchev–Trinajstić information content (AvgIpc) is 2.85. The van der Waals surface area contributed by atoms with Gasteiger partial charge in [-0.25, -0.2) is 0 Å². The van der Waals surface area contributed by atoms with E-state index in [1.54, 1.807) is 6.07 Å². The van der Waals surface area contributed by atoms with E-state index in [0.717, 1.165) is 4.70 Å². The fourth-order valence-electron chi connectivity index (χ4n) is 1.44. The molecule has 0 amide bonds. The smallest absolute Gasteiger partial charge is 0.257 e. The van der Waals surface area contributed by atoms with E-state index in [1.807, 2.05) is 11.4 Å². The van der Waals surface area contributed by atoms with E-state index in [1.165, 1.54) is 22.7 Å². The van der Waals surface area contributed by atoms with E-state index in [4.69, 9.17) is 5.73 Å². The first kappa shape index (κ1) is 9.49. The standard InChI is InChI=1S/C9H6N4OS2/c10-9-13-12-8(16-9)5-3-6-4(1-2-15-6)7(14)11-5/h1-3H,(H2,10,13)(H,11,14). The number of H-pyrrole nitrogens is 1. The summed E-state index contributed by atoms with van der Waals surface area (Å²) in [7, 11) is 0. The molecule has 0 fully saturated rings. The summed E-state index contributed by atoms with van der Waals surface area (Å²) in [6.45, 7) is 0. The van der Waals surface area contributed by atoms with Gasteiger partial charge in [0, 0.05) is 4.70 Å². The monoisotopic (exact) mass is 250 g/mol. The molecular weight excluding hydrogens is 244 g/mol. The molecule has 0 aliphatic heterocycles. The molecule has 3 heterocycles. The Bertz CT molecular complexity index is 711. The lowest BCUT2D eigenvalue weighted by atomic mass is 10.3. The molecule has 0 atom stereocenters. The summed E-state index contributed by atoms with van der Waals surface area (Å²) in [6.07, 6.45) is 0. The molecule has 0 aromatic carbocycles. The minimum absolute atomic E-state index is 0.109. The summed E-state index contributed by atoms with van der Waals surface area (Å²) >= 11 is 2.77. The van der Waals surface area contributed by atoms with Crippen LogP contribution in [0.4, 0.5) is 5.13 Å². The van der Waals surface area contributed by atoms with E-state index in [2.05, 4.69) is 15.2 Å². The Hall–Kier alpha value is -1.73. The largest absolute Gasteiger partial charge is 0.374 e. The quantitative estimate of drug-likeness (QED) is 0.688. The maximum absolute atomic E-state index is 11.7. The highest BCUT2D eigenvalue weighted by molar-refractivity contribution is 7.18. The summed E-state index contributed by atoms with van der Waals surface area (Å²) in [4.78, 5) is 14.5. The Labute approximate surface area is 97.6 Å². The lowest BCUT2D eigenvalue weighted by Crippen LogP contribution is -2.05. The predicted molar refractivity (Wildman–Crippen MR) is 65.8 cm³/mol. The normalized spacial score (nSPS) is 11.0. The zero-order chi connectivity index (χ0) is 11.1. The van der Waals surface area contributed by atoms with Gasteiger partial charge in [-0.15, -0.1) is 21.5 Å². The number of fused-ring (bicyclic) bond motifs is 1. The molecule has 16 heavy (non-hydrogen) atoms. The van der Waals surface area contributed by atoms with Crippen molar-refractivity contribution in [1.82, 2.24) is 15.2 Å². The molecule has 0 saturated carbocycles. The molecule has 7 heteroatoms. The Morgan fingerprint density at radius 1 is 1.38 bits per heavy atom. The van der Waals surface area contributed by atoms with Gasteiger partial charge in [-0.3, -0.25) is 4.79 Å². The molecule has 0 aliphatic carbocycles. The number of aromatic amines is 1. The highest BCUT2D eigenvalue weighted by Gasteiger charge is 2.08. The van der Waals surface area contributed by atoms with Crippen LogP contribution in [0.5, 0.6) is 0 Å². The van der Waals surface area contributed by atoms with Gasteiger partial charge in [0.15, 0.2) is 5.01 Å². The molecule has 3 aromatic rings. The van der Waals surface area contributed by atoms with Gasteiger partial charge < -0.3 is 10.7 Å². The van der Waals surface area contributed by atoms with E-state index in [-0.39, 0.29) is 5.56 Å². The molecule has 0 bridgehead atoms. The number of nitrogens with one attached hydrogen (secondary N) is 1. The third kappa shape index (κ3) is 1.41. The number of hydrogen-bond donors (Lipinski definition) is 2. The minimum Gasteiger partial charge on any atom is -0.374 e. The lowest BCUT2D eigenvalue weighted by molar-refractivity contribution is 1.09. The van der Waals surface area contributed by atoms with Crippen molar-refractivity contribution in [2.45, 2.75) is 0 Å². The van der Waals surface area contributed by atoms with Gasteiger partial charge in [0.2, 0.25) is 5.13 Å². The summed E-state index contributed by atoms with van der Waals surface area (Å²) in [5.74, 6) is 0. The van der Waals surface area contributed by atoms with Crippen molar-refractivity contribution in [1.29, 1.82) is 0 Å². The van der Waals surface area contributed by atoms with Gasteiger partial charge in [-0.2, -0.15) is 0 Å². The highest BCUT2D eigenvalue weighted by Crippen LogP contribution is 2.26. The van der Waals surface area contributed by atoms with Crippen LogP contribution in [0.3, 0.4) is 0 Å². The summed E-state index contributed by atoms with van der Waals surface area (Å²) in [5, 5.41) is 11.2. The van der Waals surface area contributed by atoms with Crippen LogP contribution in [0.1, 0.15) is 0 Å². The third-order valence-corrected chi connectivity index (χ3v) is 3.78. The van der Waals surface area contributed by atoms with Crippen LogP contribution in [0.15, 0.2) is 22.3 Å². The molecule has 3 aromatic heterocycles. The van der Waals surface area contributed by atoms with Crippen molar-refractivity contribution in [3.05, 3.63) is 27.9 Å². The van der Waals surface area contributed by atoms with Crippen LogP contribution >= 0.6 is 22.7 Å². The number of rotatable bonds is 1.